The number of rotatable bonds is 5. The molecule has 102 valence electrons. The van der Waals surface area contributed by atoms with E-state index < -0.39 is 0 Å². The predicted octanol–water partition coefficient (Wildman–Crippen LogP) is 3.52. The van der Waals surface area contributed by atoms with Crippen molar-refractivity contribution in [1.29, 1.82) is 0 Å². The summed E-state index contributed by atoms with van der Waals surface area (Å²) in [6, 6.07) is 11.6. The fraction of sp³-hybridized carbons (Fsp3) is 0.500. The van der Waals surface area contributed by atoms with Crippen molar-refractivity contribution in [3.8, 4) is 0 Å². The Balaban J connectivity index is 1.47. The van der Waals surface area contributed by atoms with Crippen LogP contribution in [0.1, 0.15) is 19.3 Å². The maximum absolute atomic E-state index is 3.70. The first-order chi connectivity index (χ1) is 9.43. The Hall–Kier alpha value is -0.930. The number of hydrogen-bond acceptors (Lipinski definition) is 2. The minimum Gasteiger partial charge on any atom is -0.347 e. The van der Waals surface area contributed by atoms with Gasteiger partial charge in [0.2, 0.25) is 0 Å². The summed E-state index contributed by atoms with van der Waals surface area (Å²) in [5.74, 6) is 2.65. The van der Waals surface area contributed by atoms with E-state index in [0.29, 0.717) is 0 Å². The van der Waals surface area contributed by atoms with Crippen molar-refractivity contribution in [3.63, 3.8) is 0 Å². The molecule has 1 saturated heterocycles. The zero-order valence-corrected chi connectivity index (χ0v) is 12.2. The SMILES string of the molecule is c1ccc2c(c1)ccn2CCCNC1CCCSC1. The number of thioether (sulfide) groups is 1. The molecule has 1 aromatic heterocycles. The Morgan fingerprint density at radius 3 is 3.11 bits per heavy atom. The molecule has 0 spiro atoms. The standard InChI is InChI=1S/C16H22N2S/c1-2-7-16-14(5-1)8-11-18(16)10-4-9-17-15-6-3-12-19-13-15/h1-2,5,7-8,11,15,17H,3-4,6,9-10,12-13H2. The number of aryl methyl sites for hydroxylation is 1. The molecule has 3 heteroatoms. The summed E-state index contributed by atoms with van der Waals surface area (Å²) in [6.45, 7) is 2.25. The maximum atomic E-state index is 3.70. The molecule has 1 aromatic carbocycles. The molecule has 0 bridgehead atoms. The second-order valence-electron chi connectivity index (χ2n) is 5.29. The Labute approximate surface area is 119 Å². The molecule has 0 saturated carbocycles. The van der Waals surface area contributed by atoms with Crippen LogP contribution in [-0.2, 0) is 6.54 Å². The minimum absolute atomic E-state index is 0.750. The summed E-state index contributed by atoms with van der Waals surface area (Å²) in [7, 11) is 0. The van der Waals surface area contributed by atoms with E-state index in [0.717, 1.165) is 19.1 Å². The van der Waals surface area contributed by atoms with Crippen LogP contribution >= 0.6 is 11.8 Å². The van der Waals surface area contributed by atoms with Gasteiger partial charge >= 0.3 is 0 Å². The predicted molar refractivity (Wildman–Crippen MR) is 84.9 cm³/mol. The van der Waals surface area contributed by atoms with Gasteiger partial charge in [-0.1, -0.05) is 18.2 Å². The van der Waals surface area contributed by atoms with Gasteiger partial charge in [0.25, 0.3) is 0 Å². The third kappa shape index (κ3) is 3.34. The molecule has 2 nitrogen and oxygen atoms in total. The topological polar surface area (TPSA) is 17.0 Å². The van der Waals surface area contributed by atoms with Crippen molar-refractivity contribution in [2.45, 2.75) is 31.8 Å². The molecular formula is C16H22N2S. The Morgan fingerprint density at radius 1 is 1.26 bits per heavy atom. The first-order valence-corrected chi connectivity index (χ1v) is 8.44. The van der Waals surface area contributed by atoms with Gasteiger partial charge in [0.1, 0.15) is 0 Å². The minimum atomic E-state index is 0.750. The molecule has 1 fully saturated rings. The van der Waals surface area contributed by atoms with Crippen LogP contribution in [0.5, 0.6) is 0 Å². The highest BCUT2D eigenvalue weighted by molar-refractivity contribution is 7.99. The van der Waals surface area contributed by atoms with Crippen molar-refractivity contribution >= 4 is 22.7 Å². The van der Waals surface area contributed by atoms with Crippen molar-refractivity contribution in [2.75, 3.05) is 18.1 Å². The molecule has 3 rings (SSSR count). The highest BCUT2D eigenvalue weighted by atomic mass is 32.2. The average Bonchev–Trinajstić information content (AvgIpc) is 2.88. The third-order valence-electron chi connectivity index (χ3n) is 3.85. The first-order valence-electron chi connectivity index (χ1n) is 7.28. The zero-order valence-electron chi connectivity index (χ0n) is 11.3. The van der Waals surface area contributed by atoms with E-state index in [-0.39, 0.29) is 0 Å². The molecule has 0 radical (unpaired) electrons. The van der Waals surface area contributed by atoms with Crippen molar-refractivity contribution in [2.24, 2.45) is 0 Å². The summed E-state index contributed by atoms with van der Waals surface area (Å²) in [4.78, 5) is 0. The smallest absolute Gasteiger partial charge is 0.0480 e. The maximum Gasteiger partial charge on any atom is 0.0480 e. The molecule has 1 aliphatic heterocycles. The second-order valence-corrected chi connectivity index (χ2v) is 6.44. The molecule has 0 aliphatic carbocycles. The monoisotopic (exact) mass is 274 g/mol. The largest absolute Gasteiger partial charge is 0.347 e. The molecule has 19 heavy (non-hydrogen) atoms. The number of para-hydroxylation sites is 1. The summed E-state index contributed by atoms with van der Waals surface area (Å²) in [6.07, 6.45) is 6.16. The van der Waals surface area contributed by atoms with E-state index in [2.05, 4.69) is 58.2 Å². The highest BCUT2D eigenvalue weighted by Gasteiger charge is 2.12. The van der Waals surface area contributed by atoms with Crippen LogP contribution in [0.2, 0.25) is 0 Å². The van der Waals surface area contributed by atoms with Gasteiger partial charge < -0.3 is 9.88 Å². The van der Waals surface area contributed by atoms with Gasteiger partial charge in [0.15, 0.2) is 0 Å². The lowest BCUT2D eigenvalue weighted by atomic mass is 10.2. The lowest BCUT2D eigenvalue weighted by molar-refractivity contribution is 0.487. The number of nitrogens with zero attached hydrogens (tertiary/aromatic N) is 1. The van der Waals surface area contributed by atoms with Crippen LogP contribution in [0, 0.1) is 0 Å². The van der Waals surface area contributed by atoms with Crippen LogP contribution in [-0.4, -0.2) is 28.7 Å². The number of hydrogen-bond donors (Lipinski definition) is 1. The molecular weight excluding hydrogens is 252 g/mol. The number of nitrogens with one attached hydrogen (secondary N) is 1. The fourth-order valence-corrected chi connectivity index (χ4v) is 3.90. The Kier molecular flexibility index (Phi) is 4.46. The Bertz CT molecular complexity index is 514. The quantitative estimate of drug-likeness (QED) is 0.840. The van der Waals surface area contributed by atoms with E-state index in [1.807, 2.05) is 0 Å². The van der Waals surface area contributed by atoms with Crippen LogP contribution < -0.4 is 5.32 Å². The van der Waals surface area contributed by atoms with E-state index >= 15 is 0 Å². The summed E-state index contributed by atoms with van der Waals surface area (Å²) >= 11 is 2.09. The first kappa shape index (κ1) is 13.1. The van der Waals surface area contributed by atoms with Crippen LogP contribution in [0.25, 0.3) is 10.9 Å². The van der Waals surface area contributed by atoms with Crippen LogP contribution in [0.3, 0.4) is 0 Å². The molecule has 1 unspecified atom stereocenters. The number of fused-ring (bicyclic) bond motifs is 1. The summed E-state index contributed by atoms with van der Waals surface area (Å²) in [5.41, 5.74) is 1.36. The fourth-order valence-electron chi connectivity index (χ4n) is 2.79. The van der Waals surface area contributed by atoms with Crippen LogP contribution in [0.4, 0.5) is 0 Å². The summed E-state index contributed by atoms with van der Waals surface area (Å²) < 4.78 is 2.37. The van der Waals surface area contributed by atoms with Crippen molar-refractivity contribution in [1.82, 2.24) is 9.88 Å². The summed E-state index contributed by atoms with van der Waals surface area (Å²) in [5, 5.41) is 5.04. The van der Waals surface area contributed by atoms with E-state index in [4.69, 9.17) is 0 Å². The van der Waals surface area contributed by atoms with Gasteiger partial charge in [-0.2, -0.15) is 11.8 Å². The molecule has 0 amide bonds. The van der Waals surface area contributed by atoms with E-state index in [1.54, 1.807) is 0 Å². The number of benzene rings is 1. The normalized spacial score (nSPS) is 19.9. The molecule has 1 atom stereocenters. The van der Waals surface area contributed by atoms with Gasteiger partial charge in [-0.05, 0) is 49.1 Å². The van der Waals surface area contributed by atoms with E-state index in [9.17, 15) is 0 Å². The molecule has 2 heterocycles. The van der Waals surface area contributed by atoms with E-state index in [1.165, 1.54) is 41.7 Å². The van der Waals surface area contributed by atoms with Gasteiger partial charge in [-0.3, -0.25) is 0 Å². The lowest BCUT2D eigenvalue weighted by Crippen LogP contribution is -2.34. The van der Waals surface area contributed by atoms with Gasteiger partial charge in [0.05, 0.1) is 0 Å². The highest BCUT2D eigenvalue weighted by Crippen LogP contribution is 2.17. The second kappa shape index (κ2) is 6.49. The lowest BCUT2D eigenvalue weighted by Gasteiger charge is -2.22. The third-order valence-corrected chi connectivity index (χ3v) is 5.06. The molecule has 2 aromatic rings. The average molecular weight is 274 g/mol. The Morgan fingerprint density at radius 2 is 2.21 bits per heavy atom. The van der Waals surface area contributed by atoms with Gasteiger partial charge in [0, 0.05) is 30.1 Å². The van der Waals surface area contributed by atoms with Crippen molar-refractivity contribution in [3.05, 3.63) is 36.5 Å². The van der Waals surface area contributed by atoms with Crippen molar-refractivity contribution < 1.29 is 0 Å². The zero-order chi connectivity index (χ0) is 12.9. The molecule has 1 aliphatic rings. The molecule has 1 N–H and O–H groups in total. The van der Waals surface area contributed by atoms with Gasteiger partial charge in [-0.15, -0.1) is 0 Å². The number of aromatic nitrogens is 1. The van der Waals surface area contributed by atoms with Crippen LogP contribution in [0.15, 0.2) is 36.5 Å². The van der Waals surface area contributed by atoms with Gasteiger partial charge in [-0.25, -0.2) is 0 Å².